The fraction of sp³-hybridized carbons (Fsp3) is 0.600. The van der Waals surface area contributed by atoms with Gasteiger partial charge in [0.05, 0.1) is 10.6 Å². The molecule has 0 aromatic rings. The van der Waals surface area contributed by atoms with Gasteiger partial charge in [0.2, 0.25) is 0 Å². The first-order valence-electron chi connectivity index (χ1n) is 2.29. The number of rotatable bonds is 1. The smallest absolute Gasteiger partial charge is 0.124 e. The molecule has 0 spiro atoms. The van der Waals surface area contributed by atoms with Crippen LogP contribution in [-0.2, 0) is 0 Å². The maximum atomic E-state index is 9.10. The molecule has 0 aliphatic rings. The van der Waals surface area contributed by atoms with Crippen LogP contribution in [0.3, 0.4) is 0 Å². The predicted molar refractivity (Wildman–Crippen MR) is 40.9 cm³/mol. The van der Waals surface area contributed by atoms with Crippen molar-refractivity contribution in [2.75, 3.05) is 0 Å². The molecule has 0 atom stereocenters. The lowest BCUT2D eigenvalue weighted by Gasteiger charge is -2.15. The summed E-state index contributed by atoms with van der Waals surface area (Å²) in [6.07, 6.45) is 0. The zero-order valence-corrected chi connectivity index (χ0v) is 7.35. The van der Waals surface area contributed by atoms with Gasteiger partial charge in [-0.3, -0.25) is 0 Å². The van der Waals surface area contributed by atoms with Gasteiger partial charge in [-0.25, -0.2) is 0 Å². The predicted octanol–water partition coefficient (Wildman–Crippen LogP) is 2.64. The van der Waals surface area contributed by atoms with E-state index >= 15 is 0 Å². The fourth-order valence-corrected chi connectivity index (χ4v) is 0.694. The summed E-state index contributed by atoms with van der Waals surface area (Å²) in [5.74, 6) is 0. The second kappa shape index (κ2) is 3.11. The zero-order valence-electron chi connectivity index (χ0n) is 5.08. The maximum absolute atomic E-state index is 9.10. The van der Waals surface area contributed by atoms with Crippen LogP contribution in [0, 0.1) is 0 Å². The van der Waals surface area contributed by atoms with E-state index in [1.165, 1.54) is 13.8 Å². The van der Waals surface area contributed by atoms with E-state index in [9.17, 15) is 0 Å². The molecule has 4 heteroatoms. The van der Waals surface area contributed by atoms with Crippen molar-refractivity contribution in [2.24, 2.45) is 0 Å². The Balaban J connectivity index is 4.40. The standard InChI is InChI=1S/C5H7Cl3O/c1-5(2,9)3(6)4(7)8/h9H,1-2H3. The van der Waals surface area contributed by atoms with Gasteiger partial charge in [-0.05, 0) is 13.8 Å². The lowest BCUT2D eigenvalue weighted by Crippen LogP contribution is -2.18. The van der Waals surface area contributed by atoms with E-state index in [1.54, 1.807) is 0 Å². The van der Waals surface area contributed by atoms with Gasteiger partial charge in [0.1, 0.15) is 4.49 Å². The summed E-state index contributed by atoms with van der Waals surface area (Å²) in [5, 5.41) is 9.16. The number of halogens is 3. The molecule has 0 saturated carbocycles. The van der Waals surface area contributed by atoms with E-state index in [2.05, 4.69) is 0 Å². The Labute approximate surface area is 69.2 Å². The van der Waals surface area contributed by atoms with Crippen LogP contribution in [0.1, 0.15) is 13.8 Å². The minimum absolute atomic E-state index is 0.0610. The van der Waals surface area contributed by atoms with E-state index in [4.69, 9.17) is 39.9 Å². The van der Waals surface area contributed by atoms with Gasteiger partial charge < -0.3 is 5.11 Å². The van der Waals surface area contributed by atoms with Crippen molar-refractivity contribution in [2.45, 2.75) is 19.4 Å². The van der Waals surface area contributed by atoms with Crippen molar-refractivity contribution in [1.29, 1.82) is 0 Å². The van der Waals surface area contributed by atoms with Crippen LogP contribution in [0.15, 0.2) is 9.52 Å². The summed E-state index contributed by atoms with van der Waals surface area (Å²) in [6, 6.07) is 0. The van der Waals surface area contributed by atoms with Crippen molar-refractivity contribution in [3.05, 3.63) is 9.52 Å². The van der Waals surface area contributed by atoms with Gasteiger partial charge in [-0.1, -0.05) is 34.8 Å². The summed E-state index contributed by atoms with van der Waals surface area (Å²) < 4.78 is -0.0934. The second-order valence-corrected chi connectivity index (χ2v) is 3.46. The van der Waals surface area contributed by atoms with Gasteiger partial charge in [-0.2, -0.15) is 0 Å². The zero-order chi connectivity index (χ0) is 7.65. The van der Waals surface area contributed by atoms with Crippen LogP contribution in [0.4, 0.5) is 0 Å². The lowest BCUT2D eigenvalue weighted by atomic mass is 10.1. The average molecular weight is 189 g/mol. The fourth-order valence-electron chi connectivity index (χ4n) is 0.231. The minimum atomic E-state index is -1.14. The van der Waals surface area contributed by atoms with Crippen LogP contribution in [0.25, 0.3) is 0 Å². The van der Waals surface area contributed by atoms with Crippen molar-refractivity contribution >= 4 is 34.8 Å². The number of hydrogen-bond acceptors (Lipinski definition) is 1. The summed E-state index contributed by atoms with van der Waals surface area (Å²) in [7, 11) is 0. The van der Waals surface area contributed by atoms with Crippen LogP contribution < -0.4 is 0 Å². The third kappa shape index (κ3) is 3.31. The Hall–Kier alpha value is 0.570. The van der Waals surface area contributed by atoms with Crippen molar-refractivity contribution in [1.82, 2.24) is 0 Å². The number of hydrogen-bond donors (Lipinski definition) is 1. The normalized spacial score (nSPS) is 11.3. The van der Waals surface area contributed by atoms with Crippen LogP contribution in [-0.4, -0.2) is 10.7 Å². The topological polar surface area (TPSA) is 20.2 Å². The first kappa shape index (κ1) is 9.57. The van der Waals surface area contributed by atoms with Gasteiger partial charge in [0, 0.05) is 0 Å². The van der Waals surface area contributed by atoms with E-state index in [0.717, 1.165) is 0 Å². The molecule has 0 aliphatic carbocycles. The molecule has 0 saturated heterocycles. The van der Waals surface area contributed by atoms with Gasteiger partial charge in [0.25, 0.3) is 0 Å². The molecule has 0 unspecified atom stereocenters. The third-order valence-electron chi connectivity index (χ3n) is 0.703. The molecular formula is C5H7Cl3O. The molecule has 0 aromatic carbocycles. The molecular weight excluding hydrogens is 182 g/mol. The van der Waals surface area contributed by atoms with Crippen molar-refractivity contribution in [3.63, 3.8) is 0 Å². The van der Waals surface area contributed by atoms with Crippen LogP contribution >= 0.6 is 34.8 Å². The summed E-state index contributed by atoms with van der Waals surface area (Å²) in [4.78, 5) is 0. The molecule has 0 heterocycles. The van der Waals surface area contributed by atoms with E-state index < -0.39 is 5.60 Å². The van der Waals surface area contributed by atoms with Crippen molar-refractivity contribution in [3.8, 4) is 0 Å². The molecule has 1 nitrogen and oxygen atoms in total. The molecule has 0 aromatic heterocycles. The second-order valence-electron chi connectivity index (χ2n) is 2.13. The molecule has 0 rings (SSSR count). The first-order chi connectivity index (χ1) is 3.85. The molecule has 0 fully saturated rings. The SMILES string of the molecule is CC(C)(O)C(Cl)=C(Cl)Cl. The van der Waals surface area contributed by atoms with E-state index in [1.807, 2.05) is 0 Å². The van der Waals surface area contributed by atoms with Gasteiger partial charge in [0.15, 0.2) is 0 Å². The Morgan fingerprint density at radius 3 is 1.56 bits per heavy atom. The summed E-state index contributed by atoms with van der Waals surface area (Å²) in [5.41, 5.74) is -1.14. The maximum Gasteiger partial charge on any atom is 0.124 e. The van der Waals surface area contributed by atoms with Crippen LogP contribution in [0.2, 0.25) is 0 Å². The van der Waals surface area contributed by atoms with Gasteiger partial charge >= 0.3 is 0 Å². The molecule has 0 amide bonds. The minimum Gasteiger partial charge on any atom is -0.385 e. The Bertz CT molecular complexity index is 130. The van der Waals surface area contributed by atoms with E-state index in [-0.39, 0.29) is 9.52 Å². The van der Waals surface area contributed by atoms with Crippen LogP contribution in [0.5, 0.6) is 0 Å². The van der Waals surface area contributed by atoms with Crippen molar-refractivity contribution < 1.29 is 5.11 Å². The molecule has 0 bridgehead atoms. The molecule has 54 valence electrons. The molecule has 0 radical (unpaired) electrons. The van der Waals surface area contributed by atoms with Gasteiger partial charge in [-0.15, -0.1) is 0 Å². The summed E-state index contributed by atoms with van der Waals surface area (Å²) in [6.45, 7) is 3.00. The highest BCUT2D eigenvalue weighted by Crippen LogP contribution is 2.27. The molecule has 0 aliphatic heterocycles. The Kier molecular flexibility index (Phi) is 3.30. The third-order valence-corrected chi connectivity index (χ3v) is 1.93. The molecule has 1 N–H and O–H groups in total. The highest BCUT2D eigenvalue weighted by molar-refractivity contribution is 6.59. The van der Waals surface area contributed by atoms with E-state index in [0.29, 0.717) is 0 Å². The highest BCUT2D eigenvalue weighted by Gasteiger charge is 2.19. The quantitative estimate of drug-likeness (QED) is 0.672. The lowest BCUT2D eigenvalue weighted by molar-refractivity contribution is 0.128. The Morgan fingerprint density at radius 2 is 1.56 bits per heavy atom. The summed E-state index contributed by atoms with van der Waals surface area (Å²) >= 11 is 16.0. The average Bonchev–Trinajstić information content (AvgIpc) is 1.62. The first-order valence-corrected chi connectivity index (χ1v) is 3.42. The monoisotopic (exact) mass is 188 g/mol. The largest absolute Gasteiger partial charge is 0.385 e. The number of aliphatic hydroxyl groups is 1. The molecule has 9 heavy (non-hydrogen) atoms. The Morgan fingerprint density at radius 1 is 1.22 bits per heavy atom. The highest BCUT2D eigenvalue weighted by atomic mass is 35.5.